The molecule has 8 heteroatoms. The number of unbranched alkanes of at least 4 members (excludes halogenated alkanes) is 4. The van der Waals surface area contributed by atoms with Gasteiger partial charge in [0.1, 0.15) is 17.0 Å². The van der Waals surface area contributed by atoms with Crippen molar-refractivity contribution in [1.29, 1.82) is 0 Å². The number of para-hydroxylation sites is 2. The summed E-state index contributed by atoms with van der Waals surface area (Å²) in [7, 11) is 0. The summed E-state index contributed by atoms with van der Waals surface area (Å²) in [4.78, 5) is 38.3. The van der Waals surface area contributed by atoms with Gasteiger partial charge >= 0.3 is 11.9 Å². The summed E-state index contributed by atoms with van der Waals surface area (Å²) in [6, 6.07) is 13.5. The zero-order valence-corrected chi connectivity index (χ0v) is 24.8. The van der Waals surface area contributed by atoms with Crippen LogP contribution in [0.4, 0.5) is 5.69 Å². The maximum atomic E-state index is 13.0. The molecule has 0 heterocycles. The summed E-state index contributed by atoms with van der Waals surface area (Å²) >= 11 is 0. The molecule has 1 amide bonds. The lowest BCUT2D eigenvalue weighted by Crippen LogP contribution is -2.28. The first kappa shape index (κ1) is 32.4. The lowest BCUT2D eigenvalue weighted by Gasteiger charge is -2.22. The fraction of sp³-hybridized carbons (Fsp3) is 0.469. The Labute approximate surface area is 238 Å². The summed E-state index contributed by atoms with van der Waals surface area (Å²) in [5, 5.41) is 2.80. The van der Waals surface area contributed by atoms with Crippen molar-refractivity contribution in [3.63, 3.8) is 0 Å². The lowest BCUT2D eigenvalue weighted by atomic mass is 10.1. The standard InChI is InChI=1S/C32H43NO7/c1-8-9-10-11-14-21-37-24-19-17-23(18-20-24)29(35)33-25-15-12-13-16-26(25)38-27(30(36)40-32(5,6)7)22-28(34)39-31(2,3)4/h12-13,15-20,22H,8-11,14,21H2,1-7H3,(H,33,35)/b27-22+. The molecule has 0 aliphatic rings. The zero-order valence-electron chi connectivity index (χ0n) is 24.8. The van der Waals surface area contributed by atoms with Crippen molar-refractivity contribution in [2.24, 2.45) is 0 Å². The molecule has 218 valence electrons. The minimum atomic E-state index is -0.847. The number of carbonyl (C=O) groups is 3. The average molecular weight is 554 g/mol. The van der Waals surface area contributed by atoms with Gasteiger partial charge in [0, 0.05) is 5.56 Å². The third-order valence-electron chi connectivity index (χ3n) is 5.24. The Kier molecular flexibility index (Phi) is 12.2. The Hall–Kier alpha value is -3.81. The van der Waals surface area contributed by atoms with Crippen LogP contribution >= 0.6 is 0 Å². The van der Waals surface area contributed by atoms with Gasteiger partial charge in [0.2, 0.25) is 5.76 Å². The Morgan fingerprint density at radius 1 is 0.800 bits per heavy atom. The Bertz CT molecular complexity index is 1160. The van der Waals surface area contributed by atoms with Crippen molar-refractivity contribution in [2.75, 3.05) is 11.9 Å². The van der Waals surface area contributed by atoms with Crippen LogP contribution in [0.5, 0.6) is 11.5 Å². The van der Waals surface area contributed by atoms with Gasteiger partial charge in [-0.15, -0.1) is 0 Å². The number of nitrogens with one attached hydrogen (secondary N) is 1. The fourth-order valence-electron chi connectivity index (χ4n) is 3.47. The van der Waals surface area contributed by atoms with E-state index in [9.17, 15) is 14.4 Å². The van der Waals surface area contributed by atoms with E-state index < -0.39 is 23.1 Å². The molecule has 0 saturated heterocycles. The summed E-state index contributed by atoms with van der Waals surface area (Å²) in [6.45, 7) is 13.1. The van der Waals surface area contributed by atoms with Crippen LogP contribution in [0.15, 0.2) is 60.4 Å². The molecule has 2 aromatic rings. The van der Waals surface area contributed by atoms with Crippen LogP contribution in [0.2, 0.25) is 0 Å². The van der Waals surface area contributed by atoms with Gasteiger partial charge in [0.25, 0.3) is 5.91 Å². The maximum absolute atomic E-state index is 13.0. The summed E-state index contributed by atoms with van der Waals surface area (Å²) < 4.78 is 22.3. The van der Waals surface area contributed by atoms with Crippen molar-refractivity contribution in [3.8, 4) is 11.5 Å². The largest absolute Gasteiger partial charge is 0.494 e. The van der Waals surface area contributed by atoms with E-state index in [0.29, 0.717) is 23.6 Å². The highest BCUT2D eigenvalue weighted by Crippen LogP contribution is 2.28. The number of esters is 2. The molecule has 1 N–H and O–H groups in total. The summed E-state index contributed by atoms with van der Waals surface area (Å²) in [6.07, 6.45) is 6.72. The van der Waals surface area contributed by atoms with Crippen molar-refractivity contribution in [1.82, 2.24) is 0 Å². The first-order chi connectivity index (χ1) is 18.8. The van der Waals surface area contributed by atoms with Gasteiger partial charge in [-0.25, -0.2) is 9.59 Å². The van der Waals surface area contributed by atoms with Crippen LogP contribution in [0.3, 0.4) is 0 Å². The Balaban J connectivity index is 2.14. The van der Waals surface area contributed by atoms with Crippen LogP contribution in [0, 0.1) is 0 Å². The number of carbonyl (C=O) groups excluding carboxylic acids is 3. The Morgan fingerprint density at radius 2 is 1.43 bits per heavy atom. The van der Waals surface area contributed by atoms with Crippen LogP contribution in [0.1, 0.15) is 90.9 Å². The van der Waals surface area contributed by atoms with E-state index in [0.717, 1.165) is 18.9 Å². The second-order valence-corrected chi connectivity index (χ2v) is 11.4. The summed E-state index contributed by atoms with van der Waals surface area (Å²) in [5.41, 5.74) is -0.875. The molecule has 2 rings (SSSR count). The molecular weight excluding hydrogens is 510 g/mol. The van der Waals surface area contributed by atoms with Crippen LogP contribution < -0.4 is 14.8 Å². The zero-order chi connectivity index (χ0) is 29.8. The molecule has 0 fully saturated rings. The fourth-order valence-corrected chi connectivity index (χ4v) is 3.47. The second kappa shape index (κ2) is 15.1. The average Bonchev–Trinajstić information content (AvgIpc) is 2.85. The van der Waals surface area contributed by atoms with Crippen molar-refractivity contribution in [2.45, 2.75) is 91.8 Å². The molecule has 2 aromatic carbocycles. The highest BCUT2D eigenvalue weighted by atomic mass is 16.6. The van der Waals surface area contributed by atoms with E-state index >= 15 is 0 Å². The molecule has 0 spiro atoms. The number of ether oxygens (including phenoxy) is 4. The number of hydrogen-bond donors (Lipinski definition) is 1. The second-order valence-electron chi connectivity index (χ2n) is 11.4. The van der Waals surface area contributed by atoms with Gasteiger partial charge in [-0.05, 0) is 84.4 Å². The molecule has 0 aliphatic carbocycles. The van der Waals surface area contributed by atoms with Gasteiger partial charge in [-0.3, -0.25) is 4.79 Å². The molecule has 40 heavy (non-hydrogen) atoms. The SMILES string of the molecule is CCCCCCCOc1ccc(C(=O)Nc2ccccc2O/C(=C/C(=O)OC(C)(C)C)C(=O)OC(C)(C)C)cc1. The third kappa shape index (κ3) is 12.4. The third-order valence-corrected chi connectivity index (χ3v) is 5.24. The molecular formula is C32H43NO7. The molecule has 0 aliphatic heterocycles. The highest BCUT2D eigenvalue weighted by molar-refractivity contribution is 6.05. The molecule has 0 unspecified atom stereocenters. The normalized spacial score (nSPS) is 11.9. The maximum Gasteiger partial charge on any atom is 0.375 e. The van der Waals surface area contributed by atoms with Gasteiger partial charge in [-0.1, -0.05) is 44.7 Å². The van der Waals surface area contributed by atoms with E-state index in [2.05, 4.69) is 12.2 Å². The first-order valence-corrected chi connectivity index (χ1v) is 13.8. The summed E-state index contributed by atoms with van der Waals surface area (Å²) in [5.74, 6) is -1.51. The molecule has 0 aromatic heterocycles. The monoisotopic (exact) mass is 553 g/mol. The molecule has 0 radical (unpaired) electrons. The minimum Gasteiger partial charge on any atom is -0.494 e. The number of hydrogen-bond acceptors (Lipinski definition) is 7. The van der Waals surface area contributed by atoms with Crippen LogP contribution in [0.25, 0.3) is 0 Å². The van der Waals surface area contributed by atoms with Gasteiger partial charge in [-0.2, -0.15) is 0 Å². The van der Waals surface area contributed by atoms with Crippen molar-refractivity contribution < 1.29 is 33.3 Å². The van der Waals surface area contributed by atoms with Crippen molar-refractivity contribution >= 4 is 23.5 Å². The smallest absolute Gasteiger partial charge is 0.375 e. The molecule has 8 nitrogen and oxygen atoms in total. The van der Waals surface area contributed by atoms with Crippen LogP contribution in [-0.4, -0.2) is 35.7 Å². The van der Waals surface area contributed by atoms with Gasteiger partial charge in [0.15, 0.2) is 5.75 Å². The minimum absolute atomic E-state index is 0.152. The lowest BCUT2D eigenvalue weighted by molar-refractivity contribution is -0.154. The van der Waals surface area contributed by atoms with Crippen molar-refractivity contribution in [3.05, 3.63) is 65.9 Å². The quantitative estimate of drug-likeness (QED) is 0.121. The first-order valence-electron chi connectivity index (χ1n) is 13.8. The number of anilines is 1. The molecule has 0 atom stereocenters. The topological polar surface area (TPSA) is 100 Å². The predicted molar refractivity (Wildman–Crippen MR) is 155 cm³/mol. The van der Waals surface area contributed by atoms with E-state index in [1.54, 1.807) is 90.1 Å². The highest BCUT2D eigenvalue weighted by Gasteiger charge is 2.25. The van der Waals surface area contributed by atoms with E-state index in [1.165, 1.54) is 19.3 Å². The molecule has 0 bridgehead atoms. The molecule has 0 saturated carbocycles. The number of rotatable bonds is 13. The van der Waals surface area contributed by atoms with Gasteiger partial charge < -0.3 is 24.3 Å². The predicted octanol–water partition coefficient (Wildman–Crippen LogP) is 7.23. The van der Waals surface area contributed by atoms with E-state index in [1.807, 2.05) is 0 Å². The number of amides is 1. The van der Waals surface area contributed by atoms with E-state index in [4.69, 9.17) is 18.9 Å². The van der Waals surface area contributed by atoms with E-state index in [-0.39, 0.29) is 17.4 Å². The Morgan fingerprint density at radius 3 is 2.05 bits per heavy atom. The van der Waals surface area contributed by atoms with Crippen LogP contribution in [-0.2, 0) is 19.1 Å². The van der Waals surface area contributed by atoms with Gasteiger partial charge in [0.05, 0.1) is 18.4 Å². The number of benzene rings is 2.